The molecule has 8 heteroatoms. The molecule has 2 heterocycles. The smallest absolute Gasteiger partial charge is 0.464 e. The van der Waals surface area contributed by atoms with Gasteiger partial charge in [0.05, 0.1) is 30.3 Å². The van der Waals surface area contributed by atoms with Crippen LogP contribution in [0, 0.1) is 17.3 Å². The first-order chi connectivity index (χ1) is 18.1. The van der Waals surface area contributed by atoms with Crippen LogP contribution in [0.5, 0.6) is 0 Å². The molecule has 1 aliphatic heterocycles. The molecule has 1 aromatic heterocycles. The van der Waals surface area contributed by atoms with E-state index in [1.165, 1.54) is 13.3 Å². The van der Waals surface area contributed by atoms with Crippen molar-refractivity contribution in [1.29, 1.82) is 0 Å². The zero-order valence-corrected chi connectivity index (χ0v) is 22.5. The Kier molecular flexibility index (Phi) is 6.15. The molecule has 198 valence electrons. The number of hydrogen-bond acceptors (Lipinski definition) is 5. The van der Waals surface area contributed by atoms with E-state index in [0.29, 0.717) is 23.9 Å². The van der Waals surface area contributed by atoms with Crippen LogP contribution < -0.4 is 10.6 Å². The van der Waals surface area contributed by atoms with Crippen LogP contribution in [-0.4, -0.2) is 36.6 Å². The van der Waals surface area contributed by atoms with E-state index in [1.807, 2.05) is 48.5 Å². The minimum Gasteiger partial charge on any atom is -0.464 e. The highest BCUT2D eigenvalue weighted by molar-refractivity contribution is 6.48. The third-order valence-corrected chi connectivity index (χ3v) is 9.28. The average Bonchev–Trinajstić information content (AvgIpc) is 3.44. The molecule has 7 nitrogen and oxygen atoms in total. The quantitative estimate of drug-likeness (QED) is 0.437. The minimum atomic E-state index is -0.542. The molecule has 2 aromatic carbocycles. The van der Waals surface area contributed by atoms with E-state index >= 15 is 0 Å². The lowest BCUT2D eigenvalue weighted by molar-refractivity contribution is -0.199. The van der Waals surface area contributed by atoms with Crippen LogP contribution in [0.15, 0.2) is 59.2 Å². The van der Waals surface area contributed by atoms with Crippen molar-refractivity contribution in [2.45, 2.75) is 71.0 Å². The van der Waals surface area contributed by atoms with Crippen molar-refractivity contribution in [2.24, 2.45) is 17.3 Å². The van der Waals surface area contributed by atoms with E-state index in [0.717, 1.165) is 28.5 Å². The van der Waals surface area contributed by atoms with Gasteiger partial charge in [-0.2, -0.15) is 0 Å². The maximum Gasteiger partial charge on any atom is 0.482 e. The van der Waals surface area contributed by atoms with Gasteiger partial charge in [0.25, 0.3) is 0 Å². The highest BCUT2D eigenvalue weighted by Crippen LogP contribution is 2.65. The van der Waals surface area contributed by atoms with Crippen molar-refractivity contribution in [3.63, 3.8) is 0 Å². The first-order valence-electron chi connectivity index (χ1n) is 13.6. The van der Waals surface area contributed by atoms with Crippen LogP contribution in [0.1, 0.15) is 51.7 Å². The molecule has 0 spiro atoms. The Labute approximate surface area is 223 Å². The van der Waals surface area contributed by atoms with Crippen molar-refractivity contribution in [1.82, 2.24) is 5.32 Å². The molecule has 3 saturated carbocycles. The molecule has 38 heavy (non-hydrogen) atoms. The summed E-state index contributed by atoms with van der Waals surface area (Å²) in [5, 5.41) is 7.02. The Morgan fingerprint density at radius 2 is 1.84 bits per heavy atom. The second kappa shape index (κ2) is 9.28. The SMILES string of the molecule is CC(=O)Nc1ccc(CC(=O)NC(Cc2coc3ccccc23)B2OC3CC4CC(C4(C)C)[C@]3(C)O2)cc1. The van der Waals surface area contributed by atoms with Gasteiger partial charge in [0.2, 0.25) is 11.8 Å². The maximum atomic E-state index is 13.3. The van der Waals surface area contributed by atoms with Crippen molar-refractivity contribution >= 4 is 35.6 Å². The number of nitrogens with one attached hydrogen (secondary N) is 2. The summed E-state index contributed by atoms with van der Waals surface area (Å²) in [6.45, 7) is 8.36. The predicted molar refractivity (Wildman–Crippen MR) is 146 cm³/mol. The van der Waals surface area contributed by atoms with Gasteiger partial charge in [-0.1, -0.05) is 44.2 Å². The second-order valence-electron chi connectivity index (χ2n) is 12.0. The molecule has 4 unspecified atom stereocenters. The number of benzene rings is 2. The van der Waals surface area contributed by atoms with Gasteiger partial charge >= 0.3 is 7.12 Å². The Hall–Kier alpha value is -3.10. The van der Waals surface area contributed by atoms with Gasteiger partial charge in [0.15, 0.2) is 0 Å². The molecule has 2 N–H and O–H groups in total. The number of amides is 2. The number of anilines is 1. The Morgan fingerprint density at radius 3 is 2.58 bits per heavy atom. The van der Waals surface area contributed by atoms with E-state index in [-0.39, 0.29) is 41.3 Å². The molecular weight excluding hydrogens is 479 g/mol. The van der Waals surface area contributed by atoms with Crippen molar-refractivity contribution in [2.75, 3.05) is 5.32 Å². The van der Waals surface area contributed by atoms with E-state index < -0.39 is 7.12 Å². The lowest BCUT2D eigenvalue weighted by Gasteiger charge is -2.64. The van der Waals surface area contributed by atoms with Gasteiger partial charge in [-0.3, -0.25) is 9.59 Å². The number of fused-ring (bicyclic) bond motifs is 1. The van der Waals surface area contributed by atoms with Gasteiger partial charge in [0, 0.05) is 18.0 Å². The zero-order valence-electron chi connectivity index (χ0n) is 22.5. The maximum absolute atomic E-state index is 13.3. The lowest BCUT2D eigenvalue weighted by Crippen LogP contribution is -2.65. The fraction of sp³-hybridized carbons (Fsp3) is 0.467. The van der Waals surface area contributed by atoms with Gasteiger partial charge < -0.3 is 24.4 Å². The molecule has 2 amide bonds. The summed E-state index contributed by atoms with van der Waals surface area (Å²) >= 11 is 0. The van der Waals surface area contributed by atoms with E-state index in [2.05, 4.69) is 31.4 Å². The summed E-state index contributed by atoms with van der Waals surface area (Å²) in [4.78, 5) is 24.6. The van der Waals surface area contributed by atoms with Crippen molar-refractivity contribution in [3.8, 4) is 0 Å². The Balaban J connectivity index is 1.22. The molecule has 7 rings (SSSR count). The van der Waals surface area contributed by atoms with Crippen LogP contribution >= 0.6 is 0 Å². The Bertz CT molecular complexity index is 1370. The molecule has 4 aliphatic rings. The summed E-state index contributed by atoms with van der Waals surface area (Å²) in [7, 11) is -0.542. The van der Waals surface area contributed by atoms with Gasteiger partial charge in [-0.25, -0.2) is 0 Å². The van der Waals surface area contributed by atoms with Crippen molar-refractivity contribution in [3.05, 3.63) is 65.9 Å². The molecule has 3 aliphatic carbocycles. The van der Waals surface area contributed by atoms with Gasteiger partial charge in [-0.15, -0.1) is 0 Å². The lowest BCUT2D eigenvalue weighted by atomic mass is 9.43. The largest absolute Gasteiger partial charge is 0.482 e. The first-order valence-corrected chi connectivity index (χ1v) is 13.6. The topological polar surface area (TPSA) is 89.8 Å². The van der Waals surface area contributed by atoms with Crippen LogP contribution in [-0.2, 0) is 31.7 Å². The number of carbonyl (C=O) groups excluding carboxylic acids is 2. The third kappa shape index (κ3) is 4.33. The minimum absolute atomic E-state index is 0.0334. The molecular formula is C30H35BN2O5. The van der Waals surface area contributed by atoms with Gasteiger partial charge in [0.1, 0.15) is 5.58 Å². The number of para-hydroxylation sites is 1. The summed E-state index contributed by atoms with van der Waals surface area (Å²) < 4.78 is 19.1. The van der Waals surface area contributed by atoms with E-state index in [1.54, 1.807) is 6.26 Å². The summed E-state index contributed by atoms with van der Waals surface area (Å²) in [6, 6.07) is 15.3. The molecule has 4 fully saturated rings. The summed E-state index contributed by atoms with van der Waals surface area (Å²) in [5.41, 5.74) is 3.29. The van der Waals surface area contributed by atoms with Gasteiger partial charge in [-0.05, 0) is 72.8 Å². The standard InChI is InChI=1S/C30H35BN2O5/c1-18(34)32-22-11-9-19(10-12-22)13-28(35)33-27(14-20-17-36-24-8-6-5-7-23(20)24)31-37-26-16-21-15-25(29(21,2)3)30(26,4)38-31/h5-12,17,21,25-27H,13-16H2,1-4H3,(H,32,34)(H,33,35)/t21?,25?,26?,27?,30-/m0/s1. The number of rotatable bonds is 7. The van der Waals surface area contributed by atoms with Crippen LogP contribution in [0.4, 0.5) is 5.69 Å². The summed E-state index contributed by atoms with van der Waals surface area (Å²) in [5.74, 6) is 0.491. The number of carbonyl (C=O) groups is 2. The molecule has 3 aromatic rings. The van der Waals surface area contributed by atoms with Crippen LogP contribution in [0.25, 0.3) is 11.0 Å². The van der Waals surface area contributed by atoms with Crippen molar-refractivity contribution < 1.29 is 23.3 Å². The molecule has 2 bridgehead atoms. The average molecular weight is 514 g/mol. The second-order valence-corrected chi connectivity index (χ2v) is 12.0. The highest BCUT2D eigenvalue weighted by Gasteiger charge is 2.68. The normalized spacial score (nSPS) is 27.9. The zero-order chi connectivity index (χ0) is 26.7. The Morgan fingerprint density at radius 1 is 1.08 bits per heavy atom. The highest BCUT2D eigenvalue weighted by atomic mass is 16.7. The fourth-order valence-electron chi connectivity index (χ4n) is 7.07. The van der Waals surface area contributed by atoms with E-state index in [9.17, 15) is 9.59 Å². The van der Waals surface area contributed by atoms with E-state index in [4.69, 9.17) is 13.7 Å². The monoisotopic (exact) mass is 514 g/mol. The van der Waals surface area contributed by atoms with Crippen LogP contribution in [0.3, 0.4) is 0 Å². The third-order valence-electron chi connectivity index (χ3n) is 9.28. The van der Waals surface area contributed by atoms with Crippen LogP contribution in [0.2, 0.25) is 0 Å². The fourth-order valence-corrected chi connectivity index (χ4v) is 7.07. The summed E-state index contributed by atoms with van der Waals surface area (Å²) in [6.07, 6.45) is 4.73. The number of furan rings is 1. The first kappa shape index (κ1) is 25.2. The molecule has 1 saturated heterocycles. The number of hydrogen-bond donors (Lipinski definition) is 2. The predicted octanol–water partition coefficient (Wildman–Crippen LogP) is 4.93. The molecule has 5 atom stereocenters. The molecule has 0 radical (unpaired) electrons.